The largest absolute Gasteiger partial charge is 0.453 e. The maximum absolute atomic E-state index is 14.1. The summed E-state index contributed by atoms with van der Waals surface area (Å²) in [5.74, 6) is -5.03. The molecule has 4 aromatic heterocycles. The van der Waals surface area contributed by atoms with Crippen LogP contribution in [0.2, 0.25) is 5.02 Å². The minimum Gasteiger partial charge on any atom is -0.309 e. The predicted molar refractivity (Wildman–Crippen MR) is 176 cm³/mol. The van der Waals surface area contributed by atoms with Crippen LogP contribution in [-0.4, -0.2) is 53.0 Å². The normalized spacial score (nSPS) is 15.9. The number of carbonyl (C=O) groups is 1. The first kappa shape index (κ1) is 32.9. The molecule has 2 aromatic carbocycles. The molecule has 7 rings (SSSR count). The van der Waals surface area contributed by atoms with E-state index in [1.54, 1.807) is 19.1 Å². The molecule has 0 bridgehead atoms. The maximum Gasteiger partial charge on any atom is 0.453 e. The van der Waals surface area contributed by atoms with Crippen molar-refractivity contribution < 1.29 is 26.7 Å². The summed E-state index contributed by atoms with van der Waals surface area (Å²) < 4.78 is 69.2. The van der Waals surface area contributed by atoms with Crippen LogP contribution in [0, 0.1) is 0 Å². The number of benzene rings is 2. The van der Waals surface area contributed by atoms with Crippen molar-refractivity contribution in [2.24, 2.45) is 4.99 Å². The molecule has 0 radical (unpaired) electrons. The van der Waals surface area contributed by atoms with E-state index in [4.69, 9.17) is 16.6 Å². The Bertz CT molecular complexity index is 2220. The van der Waals surface area contributed by atoms with E-state index in [0.717, 1.165) is 11.1 Å². The lowest BCUT2D eigenvalue weighted by Crippen LogP contribution is -2.36. The number of hydrogen-bond acceptors (Lipinski definition) is 7. The highest BCUT2D eigenvalue weighted by Gasteiger charge is 2.56. The number of aryl methyl sites for hydroxylation is 1. The van der Waals surface area contributed by atoms with E-state index >= 15 is 0 Å². The van der Waals surface area contributed by atoms with Gasteiger partial charge in [0.15, 0.2) is 17.3 Å². The molecule has 0 saturated carbocycles. The first-order valence-electron chi connectivity index (χ1n) is 15.2. The molecule has 1 aliphatic heterocycles. The third kappa shape index (κ3) is 5.85. The van der Waals surface area contributed by atoms with Crippen LogP contribution >= 0.6 is 11.6 Å². The van der Waals surface area contributed by atoms with Gasteiger partial charge in [-0.05, 0) is 25.5 Å². The maximum atomic E-state index is 14.1. The Balaban J connectivity index is 1.37. The molecular weight excluding hydrogens is 679 g/mol. The minimum atomic E-state index is -5.75. The summed E-state index contributed by atoms with van der Waals surface area (Å²) in [5, 5.41) is 3.12. The average molecular weight is 703 g/mol. The fourth-order valence-corrected chi connectivity index (χ4v) is 5.78. The molecule has 1 atom stereocenters. The van der Waals surface area contributed by atoms with E-state index in [1.165, 1.54) is 29.2 Å². The molecule has 15 heteroatoms. The molecule has 9 nitrogen and oxygen atoms in total. The highest BCUT2D eigenvalue weighted by atomic mass is 35.5. The number of imidazole rings is 1. The van der Waals surface area contributed by atoms with Gasteiger partial charge in [0.05, 0.1) is 28.3 Å². The van der Waals surface area contributed by atoms with E-state index < -0.39 is 36.3 Å². The third-order valence-corrected chi connectivity index (χ3v) is 8.66. The summed E-state index contributed by atoms with van der Waals surface area (Å²) in [6.07, 6.45) is -2.41. The van der Waals surface area contributed by atoms with Crippen LogP contribution in [0.15, 0.2) is 103 Å². The number of pyridine rings is 1. The number of halogens is 6. The number of amides is 1. The van der Waals surface area contributed by atoms with Gasteiger partial charge in [0.25, 0.3) is 0 Å². The van der Waals surface area contributed by atoms with Gasteiger partial charge >= 0.3 is 12.1 Å². The molecule has 6 aromatic rings. The van der Waals surface area contributed by atoms with Gasteiger partial charge in [-0.1, -0.05) is 72.3 Å². The topological polar surface area (TPSA) is 110 Å². The van der Waals surface area contributed by atoms with Crippen molar-refractivity contribution in [2.45, 2.75) is 37.3 Å². The van der Waals surface area contributed by atoms with Gasteiger partial charge in [0.1, 0.15) is 16.9 Å². The third-order valence-electron chi connectivity index (χ3n) is 8.44. The molecule has 1 N–H and O–H groups in total. The van der Waals surface area contributed by atoms with Crippen molar-refractivity contribution in [1.29, 1.82) is 0 Å². The van der Waals surface area contributed by atoms with Crippen LogP contribution in [0.25, 0.3) is 17.2 Å². The summed E-state index contributed by atoms with van der Waals surface area (Å²) in [7, 11) is 0. The lowest BCUT2D eigenvalue weighted by molar-refractivity contribution is -0.284. The number of hydrogen-bond donors (Lipinski definition) is 1. The van der Waals surface area contributed by atoms with Crippen LogP contribution in [0.5, 0.6) is 0 Å². The molecular formula is C35H24ClF5N8O. The Labute approximate surface area is 286 Å². The number of rotatable bonds is 8. The number of nitrogens with one attached hydrogen (secondary N) is 1. The Hall–Kier alpha value is -5.63. The first-order valence-corrected chi connectivity index (χ1v) is 15.6. The highest BCUT2D eigenvalue weighted by Crippen LogP contribution is 2.42. The zero-order valence-corrected chi connectivity index (χ0v) is 26.7. The summed E-state index contributed by atoms with van der Waals surface area (Å²) in [4.78, 5) is 40.2. The monoisotopic (exact) mass is 702 g/mol. The molecule has 0 aliphatic carbocycles. The fourth-order valence-electron chi connectivity index (χ4n) is 5.66. The summed E-state index contributed by atoms with van der Waals surface area (Å²) in [5.41, 5.74) is 1.54. The van der Waals surface area contributed by atoms with E-state index in [-0.39, 0.29) is 34.5 Å². The first-order chi connectivity index (χ1) is 23.8. The molecule has 50 heavy (non-hydrogen) atoms. The van der Waals surface area contributed by atoms with Crippen molar-refractivity contribution in [1.82, 2.24) is 29.3 Å². The Kier molecular flexibility index (Phi) is 8.13. The molecule has 0 fully saturated rings. The van der Waals surface area contributed by atoms with E-state index in [2.05, 4.69) is 30.2 Å². The Morgan fingerprint density at radius 2 is 1.56 bits per heavy atom. The van der Waals surface area contributed by atoms with Crippen LogP contribution < -0.4 is 5.32 Å². The van der Waals surface area contributed by atoms with Crippen molar-refractivity contribution in [2.75, 3.05) is 5.32 Å². The second-order valence-corrected chi connectivity index (χ2v) is 12.1. The number of aliphatic imine (C=N–C) groups is 1. The second kappa shape index (κ2) is 12.4. The van der Waals surface area contributed by atoms with Crippen LogP contribution in [0.1, 0.15) is 41.4 Å². The van der Waals surface area contributed by atoms with Crippen LogP contribution in [0.3, 0.4) is 0 Å². The molecule has 1 aliphatic rings. The van der Waals surface area contributed by atoms with E-state index in [1.807, 2.05) is 60.7 Å². The average Bonchev–Trinajstić information content (AvgIpc) is 3.63. The molecule has 252 valence electrons. The molecule has 1 unspecified atom stereocenters. The van der Waals surface area contributed by atoms with Crippen LogP contribution in [-0.2, 0) is 16.6 Å². The number of alkyl halides is 5. The minimum absolute atomic E-state index is 0.0218. The van der Waals surface area contributed by atoms with Crippen molar-refractivity contribution in [3.8, 4) is 11.5 Å². The number of carbonyl (C=O) groups excluding carboxylic acids is 1. The summed E-state index contributed by atoms with van der Waals surface area (Å²) >= 11 is 6.00. The quantitative estimate of drug-likeness (QED) is 0.128. The van der Waals surface area contributed by atoms with Crippen LogP contribution in [0.4, 0.5) is 33.6 Å². The molecule has 0 saturated heterocycles. The lowest BCUT2D eigenvalue weighted by Gasteiger charge is -2.21. The summed E-state index contributed by atoms with van der Waals surface area (Å²) in [6, 6.07) is 21.8. The van der Waals surface area contributed by atoms with Gasteiger partial charge in [-0.25, -0.2) is 24.9 Å². The Morgan fingerprint density at radius 3 is 2.18 bits per heavy atom. The smallest absolute Gasteiger partial charge is 0.309 e. The van der Waals surface area contributed by atoms with Gasteiger partial charge in [-0.2, -0.15) is 22.0 Å². The van der Waals surface area contributed by atoms with Gasteiger partial charge in [0, 0.05) is 41.7 Å². The summed E-state index contributed by atoms with van der Waals surface area (Å²) in [6.45, 7) is 1.66. The van der Waals surface area contributed by atoms with Crippen molar-refractivity contribution >= 4 is 40.5 Å². The number of fused-ring (bicyclic) bond motifs is 2. The van der Waals surface area contributed by atoms with E-state index in [0.29, 0.717) is 22.0 Å². The van der Waals surface area contributed by atoms with Gasteiger partial charge in [0.2, 0.25) is 5.91 Å². The zero-order valence-electron chi connectivity index (χ0n) is 26.0. The molecule has 1 amide bonds. The lowest BCUT2D eigenvalue weighted by atomic mass is 9.81. The number of aromatic nitrogens is 6. The highest BCUT2D eigenvalue weighted by molar-refractivity contribution is 6.30. The zero-order chi connectivity index (χ0) is 35.3. The van der Waals surface area contributed by atoms with Crippen molar-refractivity contribution in [3.05, 3.63) is 131 Å². The van der Waals surface area contributed by atoms with Gasteiger partial charge < -0.3 is 5.32 Å². The SMILES string of the molecule is CC1(c2ccc(Cl)cn2)C(=O)Nc2nc(-c3cn4c(N=C(c5ccccc5)c5ccccc5)cnc4c(CCC(F)(F)C(F)(F)F)n3)ncc21. The van der Waals surface area contributed by atoms with Gasteiger partial charge in [-0.3, -0.25) is 14.2 Å². The Morgan fingerprint density at radius 1 is 0.880 bits per heavy atom. The molecule has 0 spiro atoms. The predicted octanol–water partition coefficient (Wildman–Crippen LogP) is 7.79. The second-order valence-electron chi connectivity index (χ2n) is 11.7. The van der Waals surface area contributed by atoms with Crippen molar-refractivity contribution in [3.63, 3.8) is 0 Å². The van der Waals surface area contributed by atoms with E-state index in [9.17, 15) is 26.7 Å². The standard InChI is InChI=1S/C35H24ClF5N8O/c1-33(26-13-12-22(36)16-42-26)23-17-43-30(47-29(23)48-32(33)50)25-19-49-27(18-44-31(49)24(45-25)14-15-34(37,38)35(39,40)41)46-28(20-8-4-2-5-9-20)21-10-6-3-7-11-21/h2-13,16-19H,14-15H2,1H3,(H,43,47,48,50). The molecule has 5 heterocycles. The van der Waals surface area contributed by atoms with Gasteiger partial charge in [-0.15, -0.1) is 0 Å². The number of nitrogens with zero attached hydrogens (tertiary/aromatic N) is 7. The fraction of sp³-hybridized carbons (Fsp3) is 0.171. The number of anilines is 1.